The van der Waals surface area contributed by atoms with Gasteiger partial charge >= 0.3 is 0 Å². The maximum absolute atomic E-state index is 13.3. The van der Waals surface area contributed by atoms with E-state index < -0.39 is 17.9 Å². The normalized spacial score (nSPS) is 17.0. The Morgan fingerprint density at radius 1 is 0.964 bits per heavy atom. The van der Waals surface area contributed by atoms with Crippen molar-refractivity contribution in [2.24, 2.45) is 10.5 Å². The molecule has 3 rings (SSSR count). The smallest absolute Gasteiger partial charge is 0.250 e. The number of amides is 2. The molecule has 28 heavy (non-hydrogen) atoms. The first kappa shape index (κ1) is 19.5. The first-order valence-electron chi connectivity index (χ1n) is 9.17. The second-order valence-electron chi connectivity index (χ2n) is 7.91. The summed E-state index contributed by atoms with van der Waals surface area (Å²) in [6.45, 7) is 6.70. The van der Waals surface area contributed by atoms with Gasteiger partial charge in [0.15, 0.2) is 6.04 Å². The Labute approximate surface area is 164 Å². The minimum absolute atomic E-state index is 0.00134. The summed E-state index contributed by atoms with van der Waals surface area (Å²) in [6.07, 6.45) is 0.732. The summed E-state index contributed by atoms with van der Waals surface area (Å²) in [4.78, 5) is 32.3. The largest absolute Gasteiger partial charge is 0.310 e. The second-order valence-corrected chi connectivity index (χ2v) is 7.91. The summed E-state index contributed by atoms with van der Waals surface area (Å²) in [5, 5.41) is 3.56. The summed E-state index contributed by atoms with van der Waals surface area (Å²) in [5.74, 6) is -1.06. The summed E-state index contributed by atoms with van der Waals surface area (Å²) < 4.78 is 0. The molecule has 1 atom stereocenters. The Balaban J connectivity index is 2.18. The van der Waals surface area contributed by atoms with Gasteiger partial charge < -0.3 is 4.90 Å². The maximum Gasteiger partial charge on any atom is 0.250 e. The van der Waals surface area contributed by atoms with Crippen molar-refractivity contribution in [3.05, 3.63) is 65.0 Å². The molecule has 7 nitrogen and oxygen atoms in total. The molecule has 0 N–H and O–H groups in total. The number of benzene rings is 2. The van der Waals surface area contributed by atoms with Crippen LogP contribution in [0.3, 0.4) is 0 Å². The van der Waals surface area contributed by atoms with Gasteiger partial charge in [0.05, 0.1) is 11.4 Å². The van der Waals surface area contributed by atoms with Crippen LogP contribution in [-0.2, 0) is 9.59 Å². The summed E-state index contributed by atoms with van der Waals surface area (Å²) in [7, 11) is 0. The van der Waals surface area contributed by atoms with E-state index >= 15 is 0 Å². The highest BCUT2D eigenvalue weighted by Crippen LogP contribution is 2.39. The molecule has 0 radical (unpaired) electrons. The number of carbonyl (C=O) groups excluding carboxylic acids is 2. The minimum atomic E-state index is -1.45. The molecule has 1 unspecified atom stereocenters. The van der Waals surface area contributed by atoms with Crippen LogP contribution in [0.25, 0.3) is 10.4 Å². The zero-order valence-corrected chi connectivity index (χ0v) is 16.2. The van der Waals surface area contributed by atoms with Crippen LogP contribution in [0.2, 0.25) is 0 Å². The first-order valence-corrected chi connectivity index (χ1v) is 9.17. The number of para-hydroxylation sites is 3. The Morgan fingerprint density at radius 3 is 2.18 bits per heavy atom. The van der Waals surface area contributed by atoms with Crippen molar-refractivity contribution >= 4 is 28.9 Å². The molecule has 1 heterocycles. The van der Waals surface area contributed by atoms with Crippen molar-refractivity contribution in [2.75, 3.05) is 16.3 Å². The zero-order chi connectivity index (χ0) is 20.3. The SMILES string of the molecule is CC(C)(C)CCN1C(=O)C(N=[N+]=[N-])C(=O)N(c2ccccc2)c2ccccc21. The van der Waals surface area contributed by atoms with Gasteiger partial charge in [0.25, 0.3) is 0 Å². The molecular weight excluding hydrogens is 354 g/mol. The van der Waals surface area contributed by atoms with Crippen molar-refractivity contribution < 1.29 is 9.59 Å². The van der Waals surface area contributed by atoms with Crippen molar-refractivity contribution in [3.8, 4) is 0 Å². The van der Waals surface area contributed by atoms with Crippen molar-refractivity contribution in [3.63, 3.8) is 0 Å². The molecule has 0 fully saturated rings. The van der Waals surface area contributed by atoms with E-state index in [-0.39, 0.29) is 5.41 Å². The van der Waals surface area contributed by atoms with E-state index in [2.05, 4.69) is 30.8 Å². The van der Waals surface area contributed by atoms with Gasteiger partial charge in [-0.3, -0.25) is 14.5 Å². The maximum atomic E-state index is 13.3. The van der Waals surface area contributed by atoms with Crippen molar-refractivity contribution in [2.45, 2.75) is 33.2 Å². The fraction of sp³-hybridized carbons (Fsp3) is 0.333. The van der Waals surface area contributed by atoms with Gasteiger partial charge in [-0.2, -0.15) is 0 Å². The zero-order valence-electron chi connectivity index (χ0n) is 16.2. The van der Waals surface area contributed by atoms with E-state index in [0.717, 1.165) is 6.42 Å². The molecule has 0 saturated carbocycles. The van der Waals surface area contributed by atoms with Crippen LogP contribution in [-0.4, -0.2) is 24.4 Å². The van der Waals surface area contributed by atoms with Gasteiger partial charge in [-0.1, -0.05) is 56.2 Å². The van der Waals surface area contributed by atoms with Crippen LogP contribution in [0.1, 0.15) is 27.2 Å². The third-order valence-corrected chi connectivity index (χ3v) is 4.63. The van der Waals surface area contributed by atoms with E-state index in [4.69, 9.17) is 5.53 Å². The average molecular weight is 377 g/mol. The highest BCUT2D eigenvalue weighted by Gasteiger charge is 2.40. The summed E-state index contributed by atoms with van der Waals surface area (Å²) >= 11 is 0. The predicted octanol–water partition coefficient (Wildman–Crippen LogP) is 4.81. The number of nitrogens with zero attached hydrogens (tertiary/aromatic N) is 5. The van der Waals surface area contributed by atoms with Gasteiger partial charge in [-0.05, 0) is 41.6 Å². The highest BCUT2D eigenvalue weighted by atomic mass is 16.2. The Kier molecular flexibility index (Phi) is 5.38. The van der Waals surface area contributed by atoms with Crippen LogP contribution in [0.4, 0.5) is 17.1 Å². The number of fused-ring (bicyclic) bond motifs is 1. The summed E-state index contributed by atoms with van der Waals surface area (Å²) in [6, 6.07) is 14.9. The lowest BCUT2D eigenvalue weighted by atomic mass is 9.92. The van der Waals surface area contributed by atoms with E-state index in [0.29, 0.717) is 23.6 Å². The highest BCUT2D eigenvalue weighted by molar-refractivity contribution is 6.22. The van der Waals surface area contributed by atoms with E-state index in [1.54, 1.807) is 23.1 Å². The number of azide groups is 1. The fourth-order valence-electron chi connectivity index (χ4n) is 3.17. The number of anilines is 3. The first-order chi connectivity index (χ1) is 13.3. The Bertz CT molecular complexity index is 929. The molecule has 1 aliphatic rings. The number of carbonyl (C=O) groups is 2. The third-order valence-electron chi connectivity index (χ3n) is 4.63. The number of hydrogen-bond donors (Lipinski definition) is 0. The quantitative estimate of drug-likeness (QED) is 0.331. The lowest BCUT2D eigenvalue weighted by Gasteiger charge is -2.28. The second kappa shape index (κ2) is 7.74. The average Bonchev–Trinajstić information content (AvgIpc) is 2.74. The lowest BCUT2D eigenvalue weighted by molar-refractivity contribution is -0.127. The van der Waals surface area contributed by atoms with Gasteiger partial charge in [-0.25, -0.2) is 0 Å². The van der Waals surface area contributed by atoms with Crippen LogP contribution < -0.4 is 9.80 Å². The molecule has 0 saturated heterocycles. The molecule has 2 aromatic rings. The van der Waals surface area contributed by atoms with E-state index in [9.17, 15) is 9.59 Å². The van der Waals surface area contributed by atoms with Gasteiger partial charge in [-0.15, -0.1) is 0 Å². The molecule has 2 amide bonds. The van der Waals surface area contributed by atoms with Crippen LogP contribution >= 0.6 is 0 Å². The third kappa shape index (κ3) is 3.85. The molecule has 0 aromatic heterocycles. The fourth-order valence-corrected chi connectivity index (χ4v) is 3.17. The molecule has 7 heteroatoms. The van der Waals surface area contributed by atoms with E-state index in [1.165, 1.54) is 4.90 Å². The molecule has 0 aliphatic carbocycles. The van der Waals surface area contributed by atoms with Crippen molar-refractivity contribution in [1.82, 2.24) is 0 Å². The minimum Gasteiger partial charge on any atom is -0.310 e. The van der Waals surface area contributed by atoms with E-state index in [1.807, 2.05) is 36.4 Å². The molecule has 1 aliphatic heterocycles. The number of rotatable bonds is 4. The van der Waals surface area contributed by atoms with Crippen LogP contribution in [0, 0.1) is 5.41 Å². The Hall–Kier alpha value is -3.31. The molecule has 0 bridgehead atoms. The van der Waals surface area contributed by atoms with Crippen LogP contribution in [0.5, 0.6) is 0 Å². The monoisotopic (exact) mass is 377 g/mol. The van der Waals surface area contributed by atoms with Gasteiger partial charge in [0.1, 0.15) is 0 Å². The predicted molar refractivity (Wildman–Crippen MR) is 109 cm³/mol. The molecular formula is C21H23N5O2. The topological polar surface area (TPSA) is 89.4 Å². The van der Waals surface area contributed by atoms with Gasteiger partial charge in [0.2, 0.25) is 11.8 Å². The van der Waals surface area contributed by atoms with Crippen LogP contribution in [0.15, 0.2) is 59.7 Å². The number of hydrogen-bond acceptors (Lipinski definition) is 3. The Morgan fingerprint density at radius 2 is 1.57 bits per heavy atom. The van der Waals surface area contributed by atoms with Gasteiger partial charge in [0, 0.05) is 17.1 Å². The standard InChI is InChI=1S/C21H23N5O2/c1-21(2,3)13-14-25-16-11-7-8-12-17(16)26(15-9-5-4-6-10-15)20(28)18(19(25)27)23-24-22/h4-12,18H,13-14H2,1-3H3. The summed E-state index contributed by atoms with van der Waals surface area (Å²) in [5.41, 5.74) is 10.8. The molecule has 0 spiro atoms. The van der Waals surface area contributed by atoms with Crippen molar-refractivity contribution in [1.29, 1.82) is 0 Å². The molecule has 144 valence electrons. The lowest BCUT2D eigenvalue weighted by Crippen LogP contribution is -2.44. The molecule has 2 aromatic carbocycles.